The molecular weight excluding hydrogens is 243 g/mol. The Hall–Kier alpha value is -1.72. The molecule has 1 atom stereocenters. The zero-order chi connectivity index (χ0) is 14.0. The molecule has 3 N–H and O–H groups in total. The average Bonchev–Trinajstić information content (AvgIpc) is 2.76. The molecule has 0 aliphatic carbocycles. The lowest BCUT2D eigenvalue weighted by Gasteiger charge is -2.17. The van der Waals surface area contributed by atoms with E-state index in [0.29, 0.717) is 5.56 Å². The Morgan fingerprint density at radius 3 is 2.79 bits per heavy atom. The number of nitrogens with two attached hydrogens (primary N) is 1. The van der Waals surface area contributed by atoms with Crippen molar-refractivity contribution < 1.29 is 4.39 Å². The Labute approximate surface area is 112 Å². The van der Waals surface area contributed by atoms with Crippen LogP contribution in [0.3, 0.4) is 0 Å². The molecule has 19 heavy (non-hydrogen) atoms. The summed E-state index contributed by atoms with van der Waals surface area (Å²) in [7, 11) is 1.88. The first-order valence-corrected chi connectivity index (χ1v) is 6.31. The molecule has 0 radical (unpaired) electrons. The largest absolute Gasteiger partial charge is 0.275 e. The Morgan fingerprint density at radius 2 is 2.21 bits per heavy atom. The van der Waals surface area contributed by atoms with Gasteiger partial charge in [-0.2, -0.15) is 5.10 Å². The van der Waals surface area contributed by atoms with Gasteiger partial charge < -0.3 is 0 Å². The van der Waals surface area contributed by atoms with E-state index in [1.807, 2.05) is 19.3 Å². The van der Waals surface area contributed by atoms with E-state index in [-0.39, 0.29) is 11.9 Å². The van der Waals surface area contributed by atoms with E-state index in [1.54, 1.807) is 17.7 Å². The molecule has 2 aromatic rings. The first-order valence-electron chi connectivity index (χ1n) is 6.31. The third-order valence-electron chi connectivity index (χ3n) is 3.27. The molecule has 1 aromatic carbocycles. The lowest BCUT2D eigenvalue weighted by atomic mass is 9.97. The molecule has 0 fully saturated rings. The molecule has 0 spiro atoms. The SMILES string of the molecule is CCc1nn(C)cc1C(NN)c1ccc(F)c(C)c1. The van der Waals surface area contributed by atoms with E-state index in [1.165, 1.54) is 6.07 Å². The quantitative estimate of drug-likeness (QED) is 0.654. The van der Waals surface area contributed by atoms with Crippen LogP contribution in [0.15, 0.2) is 24.4 Å². The zero-order valence-corrected chi connectivity index (χ0v) is 11.4. The maximum Gasteiger partial charge on any atom is 0.126 e. The Balaban J connectivity index is 2.46. The van der Waals surface area contributed by atoms with Gasteiger partial charge in [-0.1, -0.05) is 19.1 Å². The number of aromatic nitrogens is 2. The van der Waals surface area contributed by atoms with Crippen LogP contribution in [-0.4, -0.2) is 9.78 Å². The Morgan fingerprint density at radius 1 is 1.47 bits per heavy atom. The molecule has 0 amide bonds. The van der Waals surface area contributed by atoms with E-state index < -0.39 is 0 Å². The second-order valence-corrected chi connectivity index (χ2v) is 4.67. The minimum Gasteiger partial charge on any atom is -0.275 e. The first-order chi connectivity index (χ1) is 9.06. The summed E-state index contributed by atoms with van der Waals surface area (Å²) in [6.45, 7) is 3.80. The van der Waals surface area contributed by atoms with E-state index in [0.717, 1.165) is 23.2 Å². The molecule has 0 aliphatic rings. The first kappa shape index (κ1) is 13.7. The number of aryl methyl sites for hydroxylation is 3. The van der Waals surface area contributed by atoms with Crippen LogP contribution in [0.25, 0.3) is 0 Å². The van der Waals surface area contributed by atoms with Gasteiger partial charge in [-0.3, -0.25) is 10.5 Å². The lowest BCUT2D eigenvalue weighted by Crippen LogP contribution is -2.29. The maximum atomic E-state index is 13.3. The number of nitrogens with one attached hydrogen (secondary N) is 1. The van der Waals surface area contributed by atoms with Crippen LogP contribution in [0, 0.1) is 12.7 Å². The number of halogens is 1. The van der Waals surface area contributed by atoms with E-state index in [2.05, 4.69) is 17.4 Å². The van der Waals surface area contributed by atoms with Crippen LogP contribution < -0.4 is 11.3 Å². The van der Waals surface area contributed by atoms with Gasteiger partial charge in [-0.05, 0) is 30.5 Å². The number of benzene rings is 1. The van der Waals surface area contributed by atoms with E-state index >= 15 is 0 Å². The number of hydrazine groups is 1. The molecule has 0 saturated carbocycles. The molecule has 2 rings (SSSR count). The fraction of sp³-hybridized carbons (Fsp3) is 0.357. The fourth-order valence-electron chi connectivity index (χ4n) is 2.28. The average molecular weight is 262 g/mol. The molecular formula is C14H19FN4. The summed E-state index contributed by atoms with van der Waals surface area (Å²) in [5.41, 5.74) is 6.36. The van der Waals surface area contributed by atoms with Crippen LogP contribution in [0.1, 0.15) is 35.3 Å². The van der Waals surface area contributed by atoms with Crippen molar-refractivity contribution >= 4 is 0 Å². The van der Waals surface area contributed by atoms with Crippen molar-refractivity contribution in [1.82, 2.24) is 15.2 Å². The van der Waals surface area contributed by atoms with Crippen LogP contribution in [0.5, 0.6) is 0 Å². The monoisotopic (exact) mass is 262 g/mol. The lowest BCUT2D eigenvalue weighted by molar-refractivity contribution is 0.606. The smallest absolute Gasteiger partial charge is 0.126 e. The number of hydrogen-bond donors (Lipinski definition) is 2. The van der Waals surface area contributed by atoms with Crippen molar-refractivity contribution in [3.8, 4) is 0 Å². The van der Waals surface area contributed by atoms with Crippen molar-refractivity contribution in [1.29, 1.82) is 0 Å². The summed E-state index contributed by atoms with van der Waals surface area (Å²) in [6.07, 6.45) is 2.77. The van der Waals surface area contributed by atoms with Crippen molar-refractivity contribution in [2.75, 3.05) is 0 Å². The fourth-order valence-corrected chi connectivity index (χ4v) is 2.28. The van der Waals surface area contributed by atoms with Crippen molar-refractivity contribution in [2.45, 2.75) is 26.3 Å². The van der Waals surface area contributed by atoms with Crippen LogP contribution in [0.4, 0.5) is 4.39 Å². The van der Waals surface area contributed by atoms with Crippen molar-refractivity contribution in [3.63, 3.8) is 0 Å². The summed E-state index contributed by atoms with van der Waals surface area (Å²) in [6, 6.07) is 4.85. The summed E-state index contributed by atoms with van der Waals surface area (Å²) in [5.74, 6) is 5.47. The molecule has 0 aliphatic heterocycles. The van der Waals surface area contributed by atoms with Gasteiger partial charge in [-0.15, -0.1) is 0 Å². The van der Waals surface area contributed by atoms with E-state index in [4.69, 9.17) is 5.84 Å². The van der Waals surface area contributed by atoms with Gasteiger partial charge in [0, 0.05) is 18.8 Å². The van der Waals surface area contributed by atoms with Crippen LogP contribution >= 0.6 is 0 Å². The highest BCUT2D eigenvalue weighted by Crippen LogP contribution is 2.25. The maximum absolute atomic E-state index is 13.3. The highest BCUT2D eigenvalue weighted by molar-refractivity contribution is 5.35. The zero-order valence-electron chi connectivity index (χ0n) is 11.4. The molecule has 1 unspecified atom stereocenters. The third kappa shape index (κ3) is 2.67. The second-order valence-electron chi connectivity index (χ2n) is 4.67. The van der Waals surface area contributed by atoms with Gasteiger partial charge in [0.25, 0.3) is 0 Å². The van der Waals surface area contributed by atoms with Crippen LogP contribution in [0.2, 0.25) is 0 Å². The summed E-state index contributed by atoms with van der Waals surface area (Å²) < 4.78 is 15.1. The van der Waals surface area contributed by atoms with Gasteiger partial charge in [0.05, 0.1) is 11.7 Å². The highest BCUT2D eigenvalue weighted by Gasteiger charge is 2.19. The molecule has 1 heterocycles. The minimum atomic E-state index is -0.207. The molecule has 0 bridgehead atoms. The van der Waals surface area contributed by atoms with Crippen molar-refractivity contribution in [3.05, 3.63) is 52.6 Å². The van der Waals surface area contributed by atoms with Gasteiger partial charge in [0.1, 0.15) is 5.82 Å². The van der Waals surface area contributed by atoms with Crippen LogP contribution in [-0.2, 0) is 13.5 Å². The number of rotatable bonds is 4. The third-order valence-corrected chi connectivity index (χ3v) is 3.27. The standard InChI is InChI=1S/C14H19FN4/c1-4-13-11(8-19(3)18-13)14(17-16)10-5-6-12(15)9(2)7-10/h5-8,14,17H,4,16H2,1-3H3. The highest BCUT2D eigenvalue weighted by atomic mass is 19.1. The normalized spacial score (nSPS) is 12.7. The summed E-state index contributed by atoms with van der Waals surface area (Å²) in [5, 5.41) is 4.41. The molecule has 102 valence electrons. The van der Waals surface area contributed by atoms with Gasteiger partial charge in [0.2, 0.25) is 0 Å². The van der Waals surface area contributed by atoms with Gasteiger partial charge in [0.15, 0.2) is 0 Å². The number of nitrogens with zero attached hydrogens (tertiary/aromatic N) is 2. The van der Waals surface area contributed by atoms with Crippen molar-refractivity contribution in [2.24, 2.45) is 12.9 Å². The predicted molar refractivity (Wildman–Crippen MR) is 72.9 cm³/mol. The Kier molecular flexibility index (Phi) is 3.97. The second kappa shape index (κ2) is 5.50. The van der Waals surface area contributed by atoms with E-state index in [9.17, 15) is 4.39 Å². The molecule has 4 nitrogen and oxygen atoms in total. The van der Waals surface area contributed by atoms with Gasteiger partial charge >= 0.3 is 0 Å². The summed E-state index contributed by atoms with van der Waals surface area (Å²) >= 11 is 0. The topological polar surface area (TPSA) is 55.9 Å². The number of hydrogen-bond acceptors (Lipinski definition) is 3. The molecule has 0 saturated heterocycles. The minimum absolute atomic E-state index is 0.178. The predicted octanol–water partition coefficient (Wildman–Crippen LogP) is 1.98. The summed E-state index contributed by atoms with van der Waals surface area (Å²) in [4.78, 5) is 0. The van der Waals surface area contributed by atoms with Gasteiger partial charge in [-0.25, -0.2) is 9.82 Å². The molecule has 5 heteroatoms. The Bertz CT molecular complexity index is 577. The molecule has 1 aromatic heterocycles.